The number of nitrogens with zero attached hydrogens (tertiary/aromatic N) is 3. The van der Waals surface area contributed by atoms with Gasteiger partial charge in [-0.1, -0.05) is 25.3 Å². The van der Waals surface area contributed by atoms with Gasteiger partial charge in [-0.05, 0) is 61.4 Å². The molecule has 8 heteroatoms. The molecule has 0 unspecified atom stereocenters. The van der Waals surface area contributed by atoms with Gasteiger partial charge < -0.3 is 4.57 Å². The molecule has 2 saturated carbocycles. The molecular formula is C25H26N4O3S. The quantitative estimate of drug-likeness (QED) is 0.606. The number of aryl methyl sites for hydroxylation is 1. The van der Waals surface area contributed by atoms with Crippen LogP contribution in [0.2, 0.25) is 0 Å². The van der Waals surface area contributed by atoms with Gasteiger partial charge in [0.15, 0.2) is 0 Å². The number of nitrogens with one attached hydrogen (secondary N) is 1. The smallest absolute Gasteiger partial charge is 0.264 e. The van der Waals surface area contributed by atoms with Gasteiger partial charge in [0.1, 0.15) is 11.8 Å². The molecular weight excluding hydrogens is 436 g/mol. The third-order valence-electron chi connectivity index (χ3n) is 6.87. The van der Waals surface area contributed by atoms with E-state index < -0.39 is 21.2 Å². The normalized spacial score (nSPS) is 17.1. The van der Waals surface area contributed by atoms with Crippen molar-refractivity contribution in [2.24, 2.45) is 7.05 Å². The molecule has 170 valence electrons. The van der Waals surface area contributed by atoms with Crippen LogP contribution in [0.3, 0.4) is 0 Å². The largest absolute Gasteiger partial charge is 0.343 e. The minimum absolute atomic E-state index is 0.326. The van der Waals surface area contributed by atoms with E-state index >= 15 is 0 Å². The van der Waals surface area contributed by atoms with E-state index in [-0.39, 0.29) is 0 Å². The van der Waals surface area contributed by atoms with Crippen LogP contribution in [0.4, 0.5) is 0 Å². The number of pyridine rings is 1. The fraction of sp³-hybridized carbons (Fsp3) is 0.400. The zero-order valence-corrected chi connectivity index (χ0v) is 19.4. The molecule has 0 atom stereocenters. The van der Waals surface area contributed by atoms with E-state index in [1.165, 1.54) is 24.8 Å². The van der Waals surface area contributed by atoms with E-state index in [1.807, 2.05) is 19.2 Å². The van der Waals surface area contributed by atoms with Crippen molar-refractivity contribution in [3.05, 3.63) is 53.3 Å². The van der Waals surface area contributed by atoms with Crippen LogP contribution in [-0.2, 0) is 17.1 Å². The molecule has 1 aromatic carbocycles. The van der Waals surface area contributed by atoms with E-state index in [4.69, 9.17) is 5.26 Å². The summed E-state index contributed by atoms with van der Waals surface area (Å²) in [5, 5.41) is 9.75. The maximum atomic E-state index is 12.7. The van der Waals surface area contributed by atoms with Gasteiger partial charge in [-0.15, -0.1) is 0 Å². The molecule has 0 bridgehead atoms. The Hall–Kier alpha value is -3.18. The van der Waals surface area contributed by atoms with Gasteiger partial charge in [0.05, 0.1) is 10.9 Å². The van der Waals surface area contributed by atoms with Crippen LogP contribution in [-0.4, -0.2) is 29.1 Å². The van der Waals surface area contributed by atoms with Gasteiger partial charge in [-0.25, -0.2) is 18.1 Å². The van der Waals surface area contributed by atoms with Crippen LogP contribution in [0.1, 0.15) is 72.5 Å². The average Bonchev–Trinajstić information content (AvgIpc) is 3.65. The highest BCUT2D eigenvalue weighted by molar-refractivity contribution is 7.91. The Balaban J connectivity index is 1.62. The fourth-order valence-corrected chi connectivity index (χ4v) is 6.31. The number of nitriles is 1. The molecule has 1 N–H and O–H groups in total. The predicted octanol–water partition coefficient (Wildman–Crippen LogP) is 4.38. The Labute approximate surface area is 193 Å². The molecule has 2 aliphatic rings. The Morgan fingerprint density at radius 3 is 2.52 bits per heavy atom. The van der Waals surface area contributed by atoms with Crippen LogP contribution in [0, 0.1) is 11.3 Å². The summed E-state index contributed by atoms with van der Waals surface area (Å²) in [7, 11) is -1.65. The van der Waals surface area contributed by atoms with Crippen molar-refractivity contribution in [3.63, 3.8) is 0 Å². The highest BCUT2D eigenvalue weighted by Crippen LogP contribution is 2.43. The first-order chi connectivity index (χ1) is 15.9. The molecule has 33 heavy (non-hydrogen) atoms. The average molecular weight is 463 g/mol. The maximum Gasteiger partial charge on any atom is 0.264 e. The molecule has 0 saturated heterocycles. The van der Waals surface area contributed by atoms with Gasteiger partial charge in [-0.2, -0.15) is 5.26 Å². The second kappa shape index (κ2) is 8.31. The number of rotatable bonds is 5. The van der Waals surface area contributed by atoms with Gasteiger partial charge in [0.2, 0.25) is 10.0 Å². The van der Waals surface area contributed by atoms with E-state index in [2.05, 4.69) is 20.3 Å². The Kier molecular flexibility index (Phi) is 5.45. The van der Waals surface area contributed by atoms with Crippen molar-refractivity contribution >= 4 is 26.8 Å². The van der Waals surface area contributed by atoms with E-state index in [0.717, 1.165) is 35.0 Å². The molecule has 0 radical (unpaired) electrons. The molecule has 2 heterocycles. The maximum absolute atomic E-state index is 12.7. The van der Waals surface area contributed by atoms with Gasteiger partial charge in [-0.3, -0.25) is 4.79 Å². The molecule has 2 aliphatic carbocycles. The summed E-state index contributed by atoms with van der Waals surface area (Å²) in [5.41, 5.74) is 4.79. The molecule has 2 aromatic heterocycles. The Morgan fingerprint density at radius 1 is 1.12 bits per heavy atom. The number of aromatic nitrogens is 2. The molecule has 1 amide bonds. The lowest BCUT2D eigenvalue weighted by molar-refractivity contribution is 0.0981. The van der Waals surface area contributed by atoms with E-state index in [0.29, 0.717) is 30.0 Å². The van der Waals surface area contributed by atoms with Gasteiger partial charge in [0, 0.05) is 35.3 Å². The summed E-state index contributed by atoms with van der Waals surface area (Å²) in [6.45, 7) is 0. The number of carbonyl (C=O) groups excluding carboxylic acids is 1. The molecule has 0 spiro atoms. The van der Waals surface area contributed by atoms with Crippen LogP contribution in [0.5, 0.6) is 0 Å². The topological polar surface area (TPSA) is 105 Å². The summed E-state index contributed by atoms with van der Waals surface area (Å²) in [6.07, 6.45) is 8.77. The second-order valence-corrected chi connectivity index (χ2v) is 11.1. The van der Waals surface area contributed by atoms with Crippen molar-refractivity contribution in [3.8, 4) is 17.3 Å². The number of hydrogen-bond donors (Lipinski definition) is 1. The highest BCUT2D eigenvalue weighted by Gasteiger charge is 2.37. The number of carbonyl (C=O) groups is 1. The highest BCUT2D eigenvalue weighted by atomic mass is 32.2. The van der Waals surface area contributed by atoms with E-state index in [1.54, 1.807) is 24.4 Å². The summed E-state index contributed by atoms with van der Waals surface area (Å²) >= 11 is 0. The van der Waals surface area contributed by atoms with Crippen LogP contribution in [0.15, 0.2) is 36.5 Å². The molecule has 3 aromatic rings. The third kappa shape index (κ3) is 4.02. The molecule has 7 nitrogen and oxygen atoms in total. The predicted molar refractivity (Wildman–Crippen MR) is 126 cm³/mol. The zero-order valence-electron chi connectivity index (χ0n) is 18.5. The van der Waals surface area contributed by atoms with E-state index in [9.17, 15) is 13.2 Å². The van der Waals surface area contributed by atoms with Crippen LogP contribution in [0.25, 0.3) is 22.2 Å². The Bertz CT molecular complexity index is 1370. The van der Waals surface area contributed by atoms with Gasteiger partial charge >= 0.3 is 0 Å². The molecule has 0 aliphatic heterocycles. The summed E-state index contributed by atoms with van der Waals surface area (Å²) in [6, 6.07) is 11.1. The second-order valence-electron chi connectivity index (χ2n) is 9.11. The number of hydrogen-bond acceptors (Lipinski definition) is 5. The first-order valence-corrected chi connectivity index (χ1v) is 13.0. The van der Waals surface area contributed by atoms with Crippen molar-refractivity contribution in [1.82, 2.24) is 14.3 Å². The number of sulfonamides is 1. The zero-order chi connectivity index (χ0) is 23.2. The first-order valence-electron chi connectivity index (χ1n) is 11.4. The fourth-order valence-electron chi connectivity index (χ4n) is 5.01. The Morgan fingerprint density at radius 2 is 1.88 bits per heavy atom. The lowest BCUT2D eigenvalue weighted by atomic mass is 9.82. The van der Waals surface area contributed by atoms with Crippen molar-refractivity contribution in [2.75, 3.05) is 0 Å². The minimum Gasteiger partial charge on any atom is -0.343 e. The lowest BCUT2D eigenvalue weighted by Gasteiger charge is -2.23. The SMILES string of the molecule is Cn1c(-c2ccc(C#N)nc2)c(C2CCCCC2)c2ccc(C(=O)NS(=O)(=O)C3CC3)cc21. The van der Waals surface area contributed by atoms with Crippen LogP contribution < -0.4 is 4.72 Å². The monoisotopic (exact) mass is 462 g/mol. The van der Waals surface area contributed by atoms with Crippen LogP contribution >= 0.6 is 0 Å². The standard InChI is InChI=1S/C25H26N4O3S/c1-29-22-13-17(25(30)28-33(31,32)20-10-11-20)8-12-21(22)23(16-5-3-2-4-6-16)24(29)18-7-9-19(14-26)27-15-18/h7-9,12-13,15-16,20H,2-6,10-11H2,1H3,(H,28,30). The summed E-state index contributed by atoms with van der Waals surface area (Å²) in [4.78, 5) is 17.0. The third-order valence-corrected chi connectivity index (χ3v) is 8.68. The lowest BCUT2D eigenvalue weighted by Crippen LogP contribution is -2.33. The van der Waals surface area contributed by atoms with Crippen molar-refractivity contribution in [2.45, 2.75) is 56.1 Å². The summed E-state index contributed by atoms with van der Waals surface area (Å²) in [5.74, 6) is -0.186. The number of fused-ring (bicyclic) bond motifs is 1. The van der Waals surface area contributed by atoms with Crippen molar-refractivity contribution in [1.29, 1.82) is 5.26 Å². The molecule has 5 rings (SSSR count). The van der Waals surface area contributed by atoms with Crippen molar-refractivity contribution < 1.29 is 13.2 Å². The number of amides is 1. The first kappa shape index (κ1) is 21.7. The molecule has 2 fully saturated rings. The number of benzene rings is 1. The van der Waals surface area contributed by atoms with Gasteiger partial charge in [0.25, 0.3) is 5.91 Å². The summed E-state index contributed by atoms with van der Waals surface area (Å²) < 4.78 is 28.8. The minimum atomic E-state index is -3.61.